The van der Waals surface area contributed by atoms with Gasteiger partial charge in [0.05, 0.1) is 47.9 Å². The number of ether oxygens (including phenoxy) is 1. The second-order valence-corrected chi connectivity index (χ2v) is 6.36. The molecule has 1 atom stereocenters. The van der Waals surface area contributed by atoms with E-state index in [2.05, 4.69) is 37.4 Å². The first-order chi connectivity index (χ1) is 13.6. The number of aromatic amines is 1. The maximum atomic E-state index is 14.7. The number of benzene rings is 1. The molecule has 3 aromatic rings. The fourth-order valence-electron chi connectivity index (χ4n) is 2.98. The van der Waals surface area contributed by atoms with Gasteiger partial charge in [-0.3, -0.25) is 9.58 Å². The van der Waals surface area contributed by atoms with Gasteiger partial charge in [-0.25, -0.2) is 19.2 Å². The maximum absolute atomic E-state index is 14.7. The van der Waals surface area contributed by atoms with Crippen LogP contribution in [0.5, 0.6) is 0 Å². The Bertz CT molecular complexity index is 1040. The first-order valence-electron chi connectivity index (χ1n) is 8.47. The van der Waals surface area contributed by atoms with Gasteiger partial charge in [0, 0.05) is 12.4 Å². The smallest absolute Gasteiger partial charge is 0.414 e. The third kappa shape index (κ3) is 3.68. The van der Waals surface area contributed by atoms with Crippen molar-refractivity contribution in [3.63, 3.8) is 0 Å². The molecule has 1 N–H and O–H groups in total. The van der Waals surface area contributed by atoms with Crippen LogP contribution in [0.4, 0.5) is 14.9 Å². The minimum Gasteiger partial charge on any atom is -0.442 e. The van der Waals surface area contributed by atoms with Crippen molar-refractivity contribution in [3.8, 4) is 11.4 Å². The van der Waals surface area contributed by atoms with Gasteiger partial charge in [0.15, 0.2) is 0 Å². The van der Waals surface area contributed by atoms with Crippen molar-refractivity contribution < 1.29 is 13.9 Å². The van der Waals surface area contributed by atoms with E-state index in [9.17, 15) is 9.18 Å². The monoisotopic (exact) mass is 398 g/mol. The molecule has 0 aliphatic carbocycles. The van der Waals surface area contributed by atoms with Crippen LogP contribution in [0.25, 0.3) is 11.4 Å². The van der Waals surface area contributed by atoms with Gasteiger partial charge in [0.25, 0.3) is 0 Å². The van der Waals surface area contributed by atoms with E-state index in [0.29, 0.717) is 23.6 Å². The number of nitrogens with zero attached hydrogens (tertiary/aromatic N) is 5. The Balaban J connectivity index is 1.51. The molecule has 1 fully saturated rings. The molecule has 10 heteroatoms. The standard InChI is InChI=1S/C18H15FN6O2S/c19-16-6-13(25-10-14(8-20-11-28)27-18(25)26)2-3-15(16)17-21-7-12(23-17)9-24-5-1-4-22-24/h1-7,14H,8-10H2,(H,21,23). The Kier molecular flexibility index (Phi) is 4.96. The zero-order valence-corrected chi connectivity index (χ0v) is 15.4. The highest BCUT2D eigenvalue weighted by Gasteiger charge is 2.32. The van der Waals surface area contributed by atoms with E-state index in [1.165, 1.54) is 11.0 Å². The Labute approximate surface area is 164 Å². The lowest BCUT2D eigenvalue weighted by Gasteiger charge is -2.13. The van der Waals surface area contributed by atoms with Crippen molar-refractivity contribution in [2.75, 3.05) is 18.0 Å². The van der Waals surface area contributed by atoms with E-state index < -0.39 is 18.0 Å². The highest BCUT2D eigenvalue weighted by Crippen LogP contribution is 2.28. The van der Waals surface area contributed by atoms with E-state index >= 15 is 0 Å². The molecule has 3 heterocycles. The van der Waals surface area contributed by atoms with E-state index in [4.69, 9.17) is 4.74 Å². The second-order valence-electron chi connectivity index (χ2n) is 6.17. The summed E-state index contributed by atoms with van der Waals surface area (Å²) in [5.74, 6) is -0.0888. The van der Waals surface area contributed by atoms with Crippen molar-refractivity contribution in [1.29, 1.82) is 0 Å². The maximum Gasteiger partial charge on any atom is 0.414 e. The number of aliphatic imine (C=N–C) groups is 1. The molecule has 28 heavy (non-hydrogen) atoms. The van der Waals surface area contributed by atoms with Crippen LogP contribution < -0.4 is 4.90 Å². The van der Waals surface area contributed by atoms with Gasteiger partial charge >= 0.3 is 6.09 Å². The minimum absolute atomic E-state index is 0.234. The Morgan fingerprint density at radius 3 is 3.11 bits per heavy atom. The third-order valence-corrected chi connectivity index (χ3v) is 4.40. The number of rotatable bonds is 6. The SMILES string of the molecule is O=C1OC(CN=C=S)CN1c1ccc(-c2ncc(Cn3cccn3)[nH]2)c(F)c1. The van der Waals surface area contributed by atoms with Gasteiger partial charge in [-0.15, -0.1) is 0 Å². The van der Waals surface area contributed by atoms with Crippen LogP contribution in [0, 0.1) is 5.82 Å². The van der Waals surface area contributed by atoms with Crippen molar-refractivity contribution in [3.05, 3.63) is 54.4 Å². The number of nitrogens with one attached hydrogen (secondary N) is 1. The molecule has 0 bridgehead atoms. The number of imidazole rings is 1. The highest BCUT2D eigenvalue weighted by atomic mass is 32.1. The molecule has 8 nitrogen and oxygen atoms in total. The van der Waals surface area contributed by atoms with Crippen molar-refractivity contribution in [2.45, 2.75) is 12.6 Å². The fraction of sp³-hybridized carbons (Fsp3) is 0.222. The number of carbonyl (C=O) groups is 1. The van der Waals surface area contributed by atoms with Crippen LogP contribution in [0.1, 0.15) is 5.69 Å². The molecule has 1 aliphatic heterocycles. The number of halogens is 1. The summed E-state index contributed by atoms with van der Waals surface area (Å²) in [6.07, 6.45) is 4.18. The number of aromatic nitrogens is 4. The molecular weight excluding hydrogens is 383 g/mol. The predicted octanol–water partition coefficient (Wildman–Crippen LogP) is 2.89. The number of hydrogen-bond donors (Lipinski definition) is 1. The van der Waals surface area contributed by atoms with Crippen molar-refractivity contribution in [1.82, 2.24) is 19.7 Å². The normalized spacial score (nSPS) is 16.1. The summed E-state index contributed by atoms with van der Waals surface area (Å²) in [5, 5.41) is 6.36. The van der Waals surface area contributed by atoms with Gasteiger partial charge in [-0.1, -0.05) is 0 Å². The number of anilines is 1. The fourth-order valence-corrected chi connectivity index (χ4v) is 3.05. The van der Waals surface area contributed by atoms with Crippen LogP contribution >= 0.6 is 12.2 Å². The second kappa shape index (κ2) is 7.71. The molecular formula is C18H15FN6O2S. The Hall–Kier alpha value is -3.36. The lowest BCUT2D eigenvalue weighted by molar-refractivity contribution is 0.145. The number of thiocarbonyl (C=S) groups is 1. The van der Waals surface area contributed by atoms with Gasteiger partial charge in [-0.2, -0.15) is 5.10 Å². The average Bonchev–Trinajstić information content (AvgIpc) is 3.42. The number of carbonyl (C=O) groups excluding carboxylic acids is 1. The zero-order chi connectivity index (χ0) is 19.5. The topological polar surface area (TPSA) is 88.4 Å². The molecule has 0 saturated carbocycles. The quantitative estimate of drug-likeness (QED) is 0.510. The molecule has 1 amide bonds. The molecule has 1 saturated heterocycles. The average molecular weight is 398 g/mol. The van der Waals surface area contributed by atoms with Gasteiger partial charge in [-0.05, 0) is 36.5 Å². The number of amides is 1. The first kappa shape index (κ1) is 18.0. The largest absolute Gasteiger partial charge is 0.442 e. The molecule has 142 valence electrons. The summed E-state index contributed by atoms with van der Waals surface area (Å²) in [6, 6.07) is 6.35. The van der Waals surface area contributed by atoms with E-state index in [-0.39, 0.29) is 13.1 Å². The summed E-state index contributed by atoms with van der Waals surface area (Å²) in [4.78, 5) is 24.5. The van der Waals surface area contributed by atoms with Crippen LogP contribution in [0.15, 0.2) is 47.8 Å². The van der Waals surface area contributed by atoms with Gasteiger partial charge in [0.1, 0.15) is 17.7 Å². The lowest BCUT2D eigenvalue weighted by Crippen LogP contribution is -2.25. The third-order valence-electron chi connectivity index (χ3n) is 4.27. The molecule has 1 aromatic carbocycles. The molecule has 4 rings (SSSR count). The van der Waals surface area contributed by atoms with Crippen LogP contribution in [0.3, 0.4) is 0 Å². The Morgan fingerprint density at radius 2 is 2.36 bits per heavy atom. The number of cyclic esters (lactones) is 1. The Morgan fingerprint density at radius 1 is 1.46 bits per heavy atom. The zero-order valence-electron chi connectivity index (χ0n) is 14.6. The molecule has 0 spiro atoms. The molecule has 1 aliphatic rings. The summed E-state index contributed by atoms with van der Waals surface area (Å²) in [6.45, 7) is 1.01. The lowest BCUT2D eigenvalue weighted by atomic mass is 10.1. The molecule has 2 aromatic heterocycles. The van der Waals surface area contributed by atoms with E-state index in [1.54, 1.807) is 29.2 Å². The molecule has 1 unspecified atom stereocenters. The van der Waals surface area contributed by atoms with Crippen molar-refractivity contribution >= 4 is 29.2 Å². The van der Waals surface area contributed by atoms with E-state index in [0.717, 1.165) is 5.69 Å². The first-order valence-corrected chi connectivity index (χ1v) is 8.88. The van der Waals surface area contributed by atoms with Crippen LogP contribution in [-0.4, -0.2) is 50.2 Å². The molecule has 0 radical (unpaired) electrons. The summed E-state index contributed by atoms with van der Waals surface area (Å²) in [5.41, 5.74) is 1.51. The summed E-state index contributed by atoms with van der Waals surface area (Å²) in [7, 11) is 0. The minimum atomic E-state index is -0.545. The highest BCUT2D eigenvalue weighted by molar-refractivity contribution is 7.78. The van der Waals surface area contributed by atoms with Gasteiger partial charge < -0.3 is 9.72 Å². The van der Waals surface area contributed by atoms with Crippen LogP contribution in [-0.2, 0) is 11.3 Å². The van der Waals surface area contributed by atoms with Crippen LogP contribution in [0.2, 0.25) is 0 Å². The van der Waals surface area contributed by atoms with Gasteiger partial charge in [0.2, 0.25) is 0 Å². The number of hydrogen-bond acceptors (Lipinski definition) is 6. The predicted molar refractivity (Wildman–Crippen MR) is 103 cm³/mol. The van der Waals surface area contributed by atoms with Crippen molar-refractivity contribution in [2.24, 2.45) is 4.99 Å². The summed E-state index contributed by atoms with van der Waals surface area (Å²) < 4.78 is 21.6. The summed E-state index contributed by atoms with van der Waals surface area (Å²) >= 11 is 4.52. The number of H-pyrrole nitrogens is 1. The van der Waals surface area contributed by atoms with E-state index in [1.807, 2.05) is 12.3 Å². The number of isothiocyanates is 1.